The van der Waals surface area contributed by atoms with E-state index >= 15 is 0 Å². The van der Waals surface area contributed by atoms with Crippen LogP contribution in [0.25, 0.3) is 0 Å². The Labute approximate surface area is 165 Å². The first kappa shape index (κ1) is 21.6. The number of hydrogen-bond donors (Lipinski definition) is 2. The van der Waals surface area contributed by atoms with Gasteiger partial charge in [-0.1, -0.05) is 0 Å². The van der Waals surface area contributed by atoms with Crippen molar-refractivity contribution in [1.82, 2.24) is 15.6 Å². The standard InChI is InChI=1S/C19H25FN4O3S/c1-14(9-11-28(3,25)26)24-19(21-2)23-13-15-8-10-22-18(12-15)27-17-6-4-16(20)5-7-17/h4-8,10,12,14H,9,11,13H2,1-3H3,(H2,21,23,24). The number of aliphatic imine (C=N–C) groups is 1. The van der Waals surface area contributed by atoms with Gasteiger partial charge in [-0.2, -0.15) is 0 Å². The van der Waals surface area contributed by atoms with Gasteiger partial charge in [0.05, 0.1) is 5.75 Å². The lowest BCUT2D eigenvalue weighted by atomic mass is 10.2. The van der Waals surface area contributed by atoms with Crippen LogP contribution in [0.15, 0.2) is 47.6 Å². The van der Waals surface area contributed by atoms with E-state index in [-0.39, 0.29) is 17.6 Å². The van der Waals surface area contributed by atoms with Crippen LogP contribution >= 0.6 is 0 Å². The number of ether oxygens (including phenoxy) is 1. The SMILES string of the molecule is CN=C(NCc1ccnc(Oc2ccc(F)cc2)c1)NC(C)CCS(C)(=O)=O. The molecule has 1 aromatic heterocycles. The van der Waals surface area contributed by atoms with E-state index in [1.54, 1.807) is 19.3 Å². The molecule has 0 bridgehead atoms. The molecule has 0 saturated carbocycles. The maximum absolute atomic E-state index is 13.0. The summed E-state index contributed by atoms with van der Waals surface area (Å²) in [5.74, 6) is 1.25. The third kappa shape index (κ3) is 7.91. The summed E-state index contributed by atoms with van der Waals surface area (Å²) in [5, 5.41) is 6.33. The van der Waals surface area contributed by atoms with E-state index in [9.17, 15) is 12.8 Å². The van der Waals surface area contributed by atoms with Gasteiger partial charge in [0.15, 0.2) is 5.96 Å². The fourth-order valence-corrected chi connectivity index (χ4v) is 3.10. The van der Waals surface area contributed by atoms with Crippen molar-refractivity contribution in [2.24, 2.45) is 4.99 Å². The highest BCUT2D eigenvalue weighted by molar-refractivity contribution is 7.90. The number of sulfone groups is 1. The molecule has 1 heterocycles. The Balaban J connectivity index is 1.89. The second-order valence-electron chi connectivity index (χ2n) is 6.45. The summed E-state index contributed by atoms with van der Waals surface area (Å²) in [6.45, 7) is 2.37. The molecule has 0 aliphatic carbocycles. The smallest absolute Gasteiger partial charge is 0.219 e. The van der Waals surface area contributed by atoms with E-state index in [0.29, 0.717) is 30.6 Å². The Kier molecular flexibility index (Phi) is 7.74. The van der Waals surface area contributed by atoms with Gasteiger partial charge >= 0.3 is 0 Å². The van der Waals surface area contributed by atoms with Crippen molar-refractivity contribution >= 4 is 15.8 Å². The average Bonchev–Trinajstić information content (AvgIpc) is 2.65. The molecular weight excluding hydrogens is 383 g/mol. The van der Waals surface area contributed by atoms with Crippen LogP contribution in [0.4, 0.5) is 4.39 Å². The predicted octanol–water partition coefficient (Wildman–Crippen LogP) is 2.50. The van der Waals surface area contributed by atoms with Gasteiger partial charge < -0.3 is 15.4 Å². The van der Waals surface area contributed by atoms with Gasteiger partial charge in [-0.15, -0.1) is 0 Å². The highest BCUT2D eigenvalue weighted by Crippen LogP contribution is 2.20. The van der Waals surface area contributed by atoms with Crippen molar-refractivity contribution in [3.8, 4) is 11.6 Å². The molecule has 0 amide bonds. The molecular formula is C19H25FN4O3S. The Morgan fingerprint density at radius 2 is 2.00 bits per heavy atom. The van der Waals surface area contributed by atoms with Crippen molar-refractivity contribution in [3.05, 3.63) is 54.0 Å². The molecule has 9 heteroatoms. The van der Waals surface area contributed by atoms with Crippen LogP contribution in [-0.2, 0) is 16.4 Å². The summed E-state index contributed by atoms with van der Waals surface area (Å²) in [6.07, 6.45) is 3.34. The lowest BCUT2D eigenvalue weighted by molar-refractivity contribution is 0.460. The zero-order valence-electron chi connectivity index (χ0n) is 16.1. The Hall–Kier alpha value is -2.68. The number of rotatable bonds is 8. The maximum atomic E-state index is 13.0. The van der Waals surface area contributed by atoms with Gasteiger partial charge in [-0.3, -0.25) is 4.99 Å². The third-order valence-corrected chi connectivity index (χ3v) is 4.80. The summed E-state index contributed by atoms with van der Waals surface area (Å²) >= 11 is 0. The fourth-order valence-electron chi connectivity index (χ4n) is 2.32. The Bertz CT molecular complexity index is 902. The van der Waals surface area contributed by atoms with E-state index in [1.165, 1.54) is 30.5 Å². The number of nitrogens with one attached hydrogen (secondary N) is 2. The van der Waals surface area contributed by atoms with E-state index in [4.69, 9.17) is 4.74 Å². The van der Waals surface area contributed by atoms with Gasteiger partial charge in [-0.25, -0.2) is 17.8 Å². The first-order chi connectivity index (χ1) is 13.2. The van der Waals surface area contributed by atoms with Crippen molar-refractivity contribution in [3.63, 3.8) is 0 Å². The van der Waals surface area contributed by atoms with E-state index < -0.39 is 9.84 Å². The minimum Gasteiger partial charge on any atom is -0.439 e. The number of guanidine groups is 1. The van der Waals surface area contributed by atoms with Crippen LogP contribution in [0.1, 0.15) is 18.9 Å². The minimum atomic E-state index is -2.99. The zero-order chi connectivity index (χ0) is 20.6. The van der Waals surface area contributed by atoms with Crippen molar-refractivity contribution in [2.75, 3.05) is 19.1 Å². The molecule has 2 aromatic rings. The monoisotopic (exact) mass is 408 g/mol. The van der Waals surface area contributed by atoms with Crippen LogP contribution < -0.4 is 15.4 Å². The van der Waals surface area contributed by atoms with Crippen LogP contribution in [-0.4, -0.2) is 44.5 Å². The van der Waals surface area contributed by atoms with E-state index in [1.807, 2.05) is 13.0 Å². The van der Waals surface area contributed by atoms with Crippen LogP contribution in [0.5, 0.6) is 11.6 Å². The molecule has 2 N–H and O–H groups in total. The largest absolute Gasteiger partial charge is 0.439 e. The lowest BCUT2D eigenvalue weighted by Crippen LogP contribution is -2.42. The molecule has 0 aliphatic heterocycles. The molecule has 1 atom stereocenters. The maximum Gasteiger partial charge on any atom is 0.219 e. The molecule has 0 saturated heterocycles. The zero-order valence-corrected chi connectivity index (χ0v) is 17.0. The topological polar surface area (TPSA) is 92.7 Å². The van der Waals surface area contributed by atoms with Gasteiger partial charge in [0.2, 0.25) is 5.88 Å². The predicted molar refractivity (Wildman–Crippen MR) is 108 cm³/mol. The van der Waals surface area contributed by atoms with Gasteiger partial charge in [0.1, 0.15) is 21.4 Å². The molecule has 1 unspecified atom stereocenters. The van der Waals surface area contributed by atoms with Crippen molar-refractivity contribution in [1.29, 1.82) is 0 Å². The normalized spacial score (nSPS) is 13.1. The first-order valence-electron chi connectivity index (χ1n) is 8.78. The Morgan fingerprint density at radius 3 is 2.64 bits per heavy atom. The quantitative estimate of drug-likeness (QED) is 0.515. The number of hydrogen-bond acceptors (Lipinski definition) is 5. The summed E-state index contributed by atoms with van der Waals surface area (Å²) < 4.78 is 41.1. The minimum absolute atomic E-state index is 0.0456. The average molecular weight is 408 g/mol. The Morgan fingerprint density at radius 1 is 1.29 bits per heavy atom. The number of aromatic nitrogens is 1. The highest BCUT2D eigenvalue weighted by Gasteiger charge is 2.10. The molecule has 0 aliphatic rings. The van der Waals surface area contributed by atoms with E-state index in [2.05, 4.69) is 20.6 Å². The van der Waals surface area contributed by atoms with Crippen molar-refractivity contribution in [2.45, 2.75) is 25.9 Å². The van der Waals surface area contributed by atoms with Crippen LogP contribution in [0.2, 0.25) is 0 Å². The second-order valence-corrected chi connectivity index (χ2v) is 8.71. The number of nitrogens with zero attached hydrogens (tertiary/aromatic N) is 2. The highest BCUT2D eigenvalue weighted by atomic mass is 32.2. The summed E-state index contributed by atoms with van der Waals surface area (Å²) in [7, 11) is -1.34. The molecule has 2 rings (SSSR count). The van der Waals surface area contributed by atoms with Crippen LogP contribution in [0.3, 0.4) is 0 Å². The molecule has 0 radical (unpaired) electrons. The third-order valence-electron chi connectivity index (χ3n) is 3.82. The number of pyridine rings is 1. The van der Waals surface area contributed by atoms with Crippen LogP contribution in [0, 0.1) is 5.82 Å². The second kappa shape index (κ2) is 10.0. The number of halogens is 1. The molecule has 1 aromatic carbocycles. The molecule has 152 valence electrons. The fraction of sp³-hybridized carbons (Fsp3) is 0.368. The van der Waals surface area contributed by atoms with E-state index in [0.717, 1.165) is 5.56 Å². The summed E-state index contributed by atoms with van der Waals surface area (Å²) in [5.41, 5.74) is 0.916. The first-order valence-corrected chi connectivity index (χ1v) is 10.8. The molecule has 7 nitrogen and oxygen atoms in total. The summed E-state index contributed by atoms with van der Waals surface area (Å²) in [4.78, 5) is 8.30. The number of benzene rings is 1. The lowest BCUT2D eigenvalue weighted by Gasteiger charge is -2.17. The summed E-state index contributed by atoms with van der Waals surface area (Å²) in [6, 6.07) is 9.28. The molecule has 0 fully saturated rings. The van der Waals surface area contributed by atoms with Gasteiger partial charge in [0, 0.05) is 38.2 Å². The molecule has 28 heavy (non-hydrogen) atoms. The van der Waals surface area contributed by atoms with Crippen molar-refractivity contribution < 1.29 is 17.5 Å². The van der Waals surface area contributed by atoms with Gasteiger partial charge in [0.25, 0.3) is 0 Å². The van der Waals surface area contributed by atoms with Gasteiger partial charge in [-0.05, 0) is 49.2 Å². The molecule has 0 spiro atoms.